The van der Waals surface area contributed by atoms with Gasteiger partial charge in [-0.2, -0.15) is 0 Å². The van der Waals surface area contributed by atoms with E-state index in [0.29, 0.717) is 18.9 Å². The fraction of sp³-hybridized carbons (Fsp3) is 0.500. The molecule has 1 rings (SSSR count). The molecule has 0 radical (unpaired) electrons. The van der Waals surface area contributed by atoms with Gasteiger partial charge in [-0.05, 0) is 24.5 Å². The van der Waals surface area contributed by atoms with Crippen molar-refractivity contribution in [1.82, 2.24) is 4.31 Å². The average Bonchev–Trinajstić information content (AvgIpc) is 2.35. The highest BCUT2D eigenvalue weighted by Crippen LogP contribution is 2.28. The molecule has 0 amide bonds. The van der Waals surface area contributed by atoms with E-state index in [9.17, 15) is 18.5 Å². The maximum atomic E-state index is 12.3. The Morgan fingerprint density at radius 1 is 1.40 bits per heavy atom. The highest BCUT2D eigenvalue weighted by molar-refractivity contribution is 7.89. The van der Waals surface area contributed by atoms with E-state index in [2.05, 4.69) is 0 Å². The molecule has 112 valence electrons. The second-order valence-corrected chi connectivity index (χ2v) is 7.33. The summed E-state index contributed by atoms with van der Waals surface area (Å²) in [5, 5.41) is 10.7. The van der Waals surface area contributed by atoms with Gasteiger partial charge in [-0.1, -0.05) is 25.4 Å². The van der Waals surface area contributed by atoms with Crippen LogP contribution in [0, 0.1) is 16.0 Å². The monoisotopic (exact) mass is 320 g/mol. The number of benzene rings is 1. The summed E-state index contributed by atoms with van der Waals surface area (Å²) in [6.45, 7) is 4.34. The van der Waals surface area contributed by atoms with E-state index in [1.54, 1.807) is 0 Å². The van der Waals surface area contributed by atoms with Crippen LogP contribution in [0.2, 0.25) is 5.02 Å². The van der Waals surface area contributed by atoms with Crippen molar-refractivity contribution < 1.29 is 13.3 Å². The largest absolute Gasteiger partial charge is 0.289 e. The Kier molecular flexibility index (Phi) is 5.50. The quantitative estimate of drug-likeness (QED) is 0.596. The molecule has 0 N–H and O–H groups in total. The van der Waals surface area contributed by atoms with E-state index < -0.39 is 20.6 Å². The Hall–Kier alpha value is -1.18. The van der Waals surface area contributed by atoms with Crippen LogP contribution in [-0.4, -0.2) is 31.2 Å². The van der Waals surface area contributed by atoms with Gasteiger partial charge in [0.25, 0.3) is 5.69 Å². The van der Waals surface area contributed by atoms with E-state index >= 15 is 0 Å². The SMILES string of the molecule is CC(C)CCN(C)S(=O)(=O)c1ccc(Cl)c([N+](=O)[O-])c1. The van der Waals surface area contributed by atoms with Crippen molar-refractivity contribution >= 4 is 27.3 Å². The number of rotatable bonds is 6. The fourth-order valence-corrected chi connectivity index (χ4v) is 2.93. The second-order valence-electron chi connectivity index (χ2n) is 4.88. The van der Waals surface area contributed by atoms with E-state index in [-0.39, 0.29) is 9.92 Å². The molecule has 0 heterocycles. The van der Waals surface area contributed by atoms with Crippen molar-refractivity contribution in [3.05, 3.63) is 33.3 Å². The number of nitro groups is 1. The molecule has 1 aromatic rings. The van der Waals surface area contributed by atoms with E-state index in [1.807, 2.05) is 13.8 Å². The molecule has 0 atom stereocenters. The summed E-state index contributed by atoms with van der Waals surface area (Å²) in [5.74, 6) is 0.368. The summed E-state index contributed by atoms with van der Waals surface area (Å²) in [4.78, 5) is 9.97. The zero-order chi connectivity index (χ0) is 15.5. The summed E-state index contributed by atoms with van der Waals surface area (Å²) in [6, 6.07) is 3.49. The molecule has 6 nitrogen and oxygen atoms in total. The lowest BCUT2D eigenvalue weighted by Gasteiger charge is -2.18. The van der Waals surface area contributed by atoms with Crippen LogP contribution in [0.15, 0.2) is 23.1 Å². The van der Waals surface area contributed by atoms with Crippen LogP contribution in [-0.2, 0) is 10.0 Å². The summed E-state index contributed by atoms with van der Waals surface area (Å²) in [6.07, 6.45) is 0.714. The molecular weight excluding hydrogens is 304 g/mol. The number of halogens is 1. The lowest BCUT2D eigenvalue weighted by atomic mass is 10.1. The lowest BCUT2D eigenvalue weighted by Crippen LogP contribution is -2.28. The molecule has 20 heavy (non-hydrogen) atoms. The third kappa shape index (κ3) is 3.91. The Bertz CT molecular complexity index is 601. The maximum absolute atomic E-state index is 12.3. The molecule has 8 heteroatoms. The van der Waals surface area contributed by atoms with E-state index in [0.717, 1.165) is 6.07 Å². The first-order valence-corrected chi connectivity index (χ1v) is 7.88. The van der Waals surface area contributed by atoms with Gasteiger partial charge in [0.15, 0.2) is 0 Å². The standard InChI is InChI=1S/C12H17ClN2O4S/c1-9(2)6-7-14(3)20(18,19)10-4-5-11(13)12(8-10)15(16)17/h4-5,8-9H,6-7H2,1-3H3. The molecule has 0 aliphatic carbocycles. The highest BCUT2D eigenvalue weighted by Gasteiger charge is 2.24. The first kappa shape index (κ1) is 16.9. The lowest BCUT2D eigenvalue weighted by molar-refractivity contribution is -0.384. The van der Waals surface area contributed by atoms with Crippen molar-refractivity contribution in [1.29, 1.82) is 0 Å². The van der Waals surface area contributed by atoms with Gasteiger partial charge < -0.3 is 0 Å². The van der Waals surface area contributed by atoms with Gasteiger partial charge in [-0.15, -0.1) is 0 Å². The minimum atomic E-state index is -3.74. The van der Waals surface area contributed by atoms with Crippen LogP contribution in [0.25, 0.3) is 0 Å². The minimum Gasteiger partial charge on any atom is -0.258 e. The number of sulfonamides is 1. The van der Waals surface area contributed by atoms with Crippen molar-refractivity contribution in [2.24, 2.45) is 5.92 Å². The summed E-state index contributed by atoms with van der Waals surface area (Å²) >= 11 is 5.67. The third-order valence-electron chi connectivity index (χ3n) is 2.84. The molecule has 0 fully saturated rings. The smallest absolute Gasteiger partial charge is 0.258 e. The molecule has 0 spiro atoms. The molecule has 0 unspecified atom stereocenters. The maximum Gasteiger partial charge on any atom is 0.289 e. The Labute approximate surface area is 123 Å². The molecule has 0 aromatic heterocycles. The minimum absolute atomic E-state index is 0.0845. The predicted molar refractivity (Wildman–Crippen MR) is 77.4 cm³/mol. The number of hydrogen-bond donors (Lipinski definition) is 0. The number of hydrogen-bond acceptors (Lipinski definition) is 4. The van der Waals surface area contributed by atoms with Gasteiger partial charge in [0.1, 0.15) is 5.02 Å². The molecule has 0 bridgehead atoms. The third-order valence-corrected chi connectivity index (χ3v) is 5.02. The topological polar surface area (TPSA) is 80.5 Å². The highest BCUT2D eigenvalue weighted by atomic mass is 35.5. The van der Waals surface area contributed by atoms with Crippen LogP contribution in [0.4, 0.5) is 5.69 Å². The zero-order valence-corrected chi connectivity index (χ0v) is 13.1. The van der Waals surface area contributed by atoms with Crippen molar-refractivity contribution in [3.8, 4) is 0 Å². The molecule has 0 aliphatic heterocycles. The predicted octanol–water partition coefficient (Wildman–Crippen LogP) is 2.91. The Morgan fingerprint density at radius 2 is 2.00 bits per heavy atom. The zero-order valence-electron chi connectivity index (χ0n) is 11.5. The van der Waals surface area contributed by atoms with Crippen molar-refractivity contribution in [2.45, 2.75) is 25.2 Å². The fourth-order valence-electron chi connectivity index (χ4n) is 1.53. The van der Waals surface area contributed by atoms with Gasteiger partial charge in [-0.3, -0.25) is 10.1 Å². The second kappa shape index (κ2) is 6.51. The molecule has 0 saturated heterocycles. The van der Waals surface area contributed by atoms with Crippen molar-refractivity contribution in [3.63, 3.8) is 0 Å². The number of nitrogens with zero attached hydrogens (tertiary/aromatic N) is 2. The van der Waals surface area contributed by atoms with Crippen LogP contribution in [0.1, 0.15) is 20.3 Å². The van der Waals surface area contributed by atoms with Crippen molar-refractivity contribution in [2.75, 3.05) is 13.6 Å². The summed E-state index contributed by atoms with van der Waals surface area (Å²) < 4.78 is 25.8. The summed E-state index contributed by atoms with van der Waals surface area (Å²) in [5.41, 5.74) is -0.412. The van der Waals surface area contributed by atoms with Crippen LogP contribution < -0.4 is 0 Å². The molecule has 0 aliphatic rings. The normalized spacial score (nSPS) is 12.1. The van der Waals surface area contributed by atoms with Crippen LogP contribution >= 0.6 is 11.6 Å². The number of nitro benzene ring substituents is 1. The van der Waals surface area contributed by atoms with E-state index in [4.69, 9.17) is 11.6 Å². The average molecular weight is 321 g/mol. The first-order chi connectivity index (χ1) is 9.16. The summed E-state index contributed by atoms with van der Waals surface area (Å²) in [7, 11) is -2.28. The molecular formula is C12H17ClN2O4S. The van der Waals surface area contributed by atoms with Gasteiger partial charge in [-0.25, -0.2) is 12.7 Å². The van der Waals surface area contributed by atoms with E-state index in [1.165, 1.54) is 23.5 Å². The molecule has 0 saturated carbocycles. The van der Waals surface area contributed by atoms with Crippen LogP contribution in [0.5, 0.6) is 0 Å². The van der Waals surface area contributed by atoms with Gasteiger partial charge in [0.2, 0.25) is 10.0 Å². The van der Waals surface area contributed by atoms with Gasteiger partial charge >= 0.3 is 0 Å². The van der Waals surface area contributed by atoms with Gasteiger partial charge in [0, 0.05) is 19.7 Å². The molecule has 1 aromatic carbocycles. The Balaban J connectivity index is 3.09. The van der Waals surface area contributed by atoms with Crippen LogP contribution in [0.3, 0.4) is 0 Å². The first-order valence-electron chi connectivity index (χ1n) is 6.06. The van der Waals surface area contributed by atoms with Gasteiger partial charge in [0.05, 0.1) is 9.82 Å². The Morgan fingerprint density at radius 3 is 2.50 bits per heavy atom.